The number of unbranched alkanes of at least 4 members (excludes halogenated alkanes) is 1. The van der Waals surface area contributed by atoms with Gasteiger partial charge in [0.05, 0.1) is 11.2 Å². The van der Waals surface area contributed by atoms with Crippen LogP contribution in [0, 0.1) is 5.41 Å². The maximum absolute atomic E-state index is 11.3. The van der Waals surface area contributed by atoms with Crippen LogP contribution >= 0.6 is 0 Å². The van der Waals surface area contributed by atoms with Gasteiger partial charge < -0.3 is 5.11 Å². The van der Waals surface area contributed by atoms with E-state index in [4.69, 9.17) is 0 Å². The van der Waals surface area contributed by atoms with Crippen LogP contribution in [0.4, 0.5) is 0 Å². The van der Waals surface area contributed by atoms with Gasteiger partial charge in [0.1, 0.15) is 9.84 Å². The SMILES string of the molecule is CCCCC(CC)(CCS(C)(=O)=O)C(=O)O. The summed E-state index contributed by atoms with van der Waals surface area (Å²) in [6.07, 6.45) is 4.16. The van der Waals surface area contributed by atoms with Crippen molar-refractivity contribution in [2.45, 2.75) is 46.0 Å². The smallest absolute Gasteiger partial charge is 0.309 e. The normalized spacial score (nSPS) is 15.7. The van der Waals surface area contributed by atoms with Crippen LogP contribution < -0.4 is 0 Å². The molecule has 0 amide bonds. The molecule has 96 valence electrons. The van der Waals surface area contributed by atoms with Crippen molar-refractivity contribution in [1.82, 2.24) is 0 Å². The van der Waals surface area contributed by atoms with E-state index in [-0.39, 0.29) is 12.2 Å². The molecule has 0 heterocycles. The molecule has 16 heavy (non-hydrogen) atoms. The molecule has 0 saturated carbocycles. The zero-order valence-corrected chi connectivity index (χ0v) is 11.1. The number of carboxylic acids is 1. The van der Waals surface area contributed by atoms with Crippen LogP contribution in [0.2, 0.25) is 0 Å². The van der Waals surface area contributed by atoms with Gasteiger partial charge in [-0.25, -0.2) is 8.42 Å². The molecule has 0 spiro atoms. The summed E-state index contributed by atoms with van der Waals surface area (Å²) in [5.74, 6) is -0.913. The second kappa shape index (κ2) is 6.23. The van der Waals surface area contributed by atoms with Crippen LogP contribution in [0.3, 0.4) is 0 Å². The number of sulfone groups is 1. The first-order valence-corrected chi connectivity index (χ1v) is 7.74. The Morgan fingerprint density at radius 2 is 1.81 bits per heavy atom. The Morgan fingerprint density at radius 3 is 2.12 bits per heavy atom. The number of carboxylic acid groups (broad SMARTS) is 1. The van der Waals surface area contributed by atoms with Crippen molar-refractivity contribution in [1.29, 1.82) is 0 Å². The van der Waals surface area contributed by atoms with Crippen molar-refractivity contribution < 1.29 is 18.3 Å². The Kier molecular flexibility index (Phi) is 6.00. The second-order valence-electron chi connectivity index (χ2n) is 4.42. The van der Waals surface area contributed by atoms with E-state index in [9.17, 15) is 18.3 Å². The van der Waals surface area contributed by atoms with Crippen LogP contribution in [0.15, 0.2) is 0 Å². The van der Waals surface area contributed by atoms with Gasteiger partial charge in [-0.05, 0) is 19.3 Å². The van der Waals surface area contributed by atoms with E-state index in [1.165, 1.54) is 0 Å². The van der Waals surface area contributed by atoms with Crippen LogP contribution in [-0.2, 0) is 14.6 Å². The van der Waals surface area contributed by atoms with Crippen molar-refractivity contribution in [2.75, 3.05) is 12.0 Å². The highest BCUT2D eigenvalue weighted by Gasteiger charge is 2.36. The van der Waals surface area contributed by atoms with E-state index >= 15 is 0 Å². The summed E-state index contributed by atoms with van der Waals surface area (Å²) in [5.41, 5.74) is -0.862. The Bertz CT molecular complexity index is 321. The summed E-state index contributed by atoms with van der Waals surface area (Å²) in [6, 6.07) is 0. The van der Waals surface area contributed by atoms with Crippen LogP contribution in [-0.4, -0.2) is 31.5 Å². The molecule has 1 atom stereocenters. The fraction of sp³-hybridized carbons (Fsp3) is 0.909. The molecule has 0 radical (unpaired) electrons. The molecule has 0 saturated heterocycles. The average molecular weight is 250 g/mol. The lowest BCUT2D eigenvalue weighted by Crippen LogP contribution is -2.32. The monoisotopic (exact) mass is 250 g/mol. The van der Waals surface area contributed by atoms with E-state index in [1.807, 2.05) is 13.8 Å². The molecule has 4 nitrogen and oxygen atoms in total. The van der Waals surface area contributed by atoms with Crippen LogP contribution in [0.5, 0.6) is 0 Å². The Labute approximate surface area is 98.0 Å². The van der Waals surface area contributed by atoms with Gasteiger partial charge in [0.2, 0.25) is 0 Å². The molecule has 5 heteroatoms. The van der Waals surface area contributed by atoms with E-state index in [0.29, 0.717) is 12.8 Å². The zero-order valence-electron chi connectivity index (χ0n) is 10.3. The molecule has 0 fully saturated rings. The summed E-state index contributed by atoms with van der Waals surface area (Å²) < 4.78 is 22.2. The van der Waals surface area contributed by atoms with E-state index in [1.54, 1.807) is 0 Å². The molecule has 0 aromatic heterocycles. The largest absolute Gasteiger partial charge is 0.481 e. The summed E-state index contributed by atoms with van der Waals surface area (Å²) in [6.45, 7) is 3.81. The number of aliphatic carboxylic acids is 1. The van der Waals surface area contributed by atoms with E-state index < -0.39 is 21.2 Å². The first kappa shape index (κ1) is 15.4. The van der Waals surface area contributed by atoms with Gasteiger partial charge in [0.15, 0.2) is 0 Å². The van der Waals surface area contributed by atoms with Gasteiger partial charge in [-0.1, -0.05) is 26.7 Å². The lowest BCUT2D eigenvalue weighted by Gasteiger charge is -2.27. The van der Waals surface area contributed by atoms with Gasteiger partial charge in [-0.3, -0.25) is 4.79 Å². The highest BCUT2D eigenvalue weighted by Crippen LogP contribution is 2.33. The minimum absolute atomic E-state index is 0.0448. The summed E-state index contributed by atoms with van der Waals surface area (Å²) in [5, 5.41) is 9.25. The average Bonchev–Trinajstić information content (AvgIpc) is 2.17. The van der Waals surface area contributed by atoms with Gasteiger partial charge in [0.25, 0.3) is 0 Å². The van der Waals surface area contributed by atoms with Crippen molar-refractivity contribution in [2.24, 2.45) is 5.41 Å². The van der Waals surface area contributed by atoms with Gasteiger partial charge in [0, 0.05) is 6.26 Å². The Morgan fingerprint density at radius 1 is 1.25 bits per heavy atom. The van der Waals surface area contributed by atoms with Gasteiger partial charge >= 0.3 is 5.97 Å². The molecule has 1 N–H and O–H groups in total. The lowest BCUT2D eigenvalue weighted by atomic mass is 9.78. The third-order valence-electron chi connectivity index (χ3n) is 3.09. The predicted molar refractivity (Wildman–Crippen MR) is 64.2 cm³/mol. The fourth-order valence-corrected chi connectivity index (χ4v) is 2.50. The first-order valence-electron chi connectivity index (χ1n) is 5.68. The standard InChI is InChI=1S/C11H22O4S/c1-4-6-7-11(5-2,10(12)13)8-9-16(3,14)15/h4-9H2,1-3H3,(H,12,13). The molecular weight excluding hydrogens is 228 g/mol. The van der Waals surface area contributed by atoms with E-state index in [0.717, 1.165) is 19.1 Å². The maximum atomic E-state index is 11.3. The summed E-state index contributed by atoms with van der Waals surface area (Å²) in [4.78, 5) is 11.3. The molecule has 0 aromatic rings. The van der Waals surface area contributed by atoms with Crippen molar-refractivity contribution in [3.8, 4) is 0 Å². The molecule has 1 unspecified atom stereocenters. The molecule has 0 aliphatic heterocycles. The van der Waals surface area contributed by atoms with Crippen molar-refractivity contribution >= 4 is 15.8 Å². The molecule has 0 bridgehead atoms. The quantitative estimate of drug-likeness (QED) is 0.716. The third-order valence-corrected chi connectivity index (χ3v) is 4.04. The molecule has 0 aliphatic carbocycles. The number of hydrogen-bond donors (Lipinski definition) is 1. The van der Waals surface area contributed by atoms with Crippen LogP contribution in [0.25, 0.3) is 0 Å². The Hall–Kier alpha value is -0.580. The Balaban J connectivity index is 4.70. The lowest BCUT2D eigenvalue weighted by molar-refractivity contribution is -0.150. The first-order chi connectivity index (χ1) is 7.27. The van der Waals surface area contributed by atoms with Gasteiger partial charge in [-0.15, -0.1) is 0 Å². The van der Waals surface area contributed by atoms with Crippen LogP contribution in [0.1, 0.15) is 46.0 Å². The number of rotatable bonds is 8. The fourth-order valence-electron chi connectivity index (χ4n) is 1.74. The molecule has 0 aromatic carbocycles. The van der Waals surface area contributed by atoms with E-state index in [2.05, 4.69) is 0 Å². The number of hydrogen-bond acceptors (Lipinski definition) is 3. The zero-order chi connectivity index (χ0) is 12.8. The molecule has 0 aliphatic rings. The maximum Gasteiger partial charge on any atom is 0.309 e. The van der Waals surface area contributed by atoms with Crippen molar-refractivity contribution in [3.05, 3.63) is 0 Å². The molecular formula is C11H22O4S. The molecule has 0 rings (SSSR count). The predicted octanol–water partition coefficient (Wildman–Crippen LogP) is 2.09. The highest BCUT2D eigenvalue weighted by atomic mass is 32.2. The summed E-state index contributed by atoms with van der Waals surface area (Å²) >= 11 is 0. The topological polar surface area (TPSA) is 71.4 Å². The third kappa shape index (κ3) is 4.96. The number of carbonyl (C=O) groups is 1. The van der Waals surface area contributed by atoms with Gasteiger partial charge in [-0.2, -0.15) is 0 Å². The minimum atomic E-state index is -3.09. The summed E-state index contributed by atoms with van der Waals surface area (Å²) in [7, 11) is -3.09. The second-order valence-corrected chi connectivity index (χ2v) is 6.68. The highest BCUT2D eigenvalue weighted by molar-refractivity contribution is 7.90. The van der Waals surface area contributed by atoms with Crippen molar-refractivity contribution in [3.63, 3.8) is 0 Å². The minimum Gasteiger partial charge on any atom is -0.481 e.